The number of nitrogens with zero attached hydrogens (tertiary/aromatic N) is 5. The quantitative estimate of drug-likeness (QED) is 0.522. The Bertz CT molecular complexity index is 1170. The molecule has 6 nitrogen and oxygen atoms in total. The molecular formula is C23H23N5O. The van der Waals surface area contributed by atoms with Crippen LogP contribution in [0.1, 0.15) is 34.5 Å². The second kappa shape index (κ2) is 7.83. The summed E-state index contributed by atoms with van der Waals surface area (Å²) in [5.74, 6) is 0.545. The summed E-state index contributed by atoms with van der Waals surface area (Å²) in [6.07, 6.45) is 2.35. The number of carbonyl (C=O) groups is 1. The molecule has 0 radical (unpaired) electrons. The molecule has 0 aliphatic carbocycles. The summed E-state index contributed by atoms with van der Waals surface area (Å²) in [6, 6.07) is 17.8. The van der Waals surface area contributed by atoms with E-state index in [1.807, 2.05) is 73.1 Å². The zero-order valence-corrected chi connectivity index (χ0v) is 16.8. The van der Waals surface area contributed by atoms with Gasteiger partial charge in [-0.2, -0.15) is 5.10 Å². The smallest absolute Gasteiger partial charge is 0.257 e. The number of amides is 1. The highest BCUT2D eigenvalue weighted by atomic mass is 16.2. The molecule has 2 aromatic heterocycles. The number of carbonyl (C=O) groups excluding carboxylic acids is 1. The number of hydrogen-bond donors (Lipinski definition) is 0. The Morgan fingerprint density at radius 1 is 1.03 bits per heavy atom. The predicted molar refractivity (Wildman–Crippen MR) is 113 cm³/mol. The molecule has 0 saturated heterocycles. The Morgan fingerprint density at radius 3 is 2.52 bits per heavy atom. The average molecular weight is 385 g/mol. The van der Waals surface area contributed by atoms with E-state index < -0.39 is 0 Å². The van der Waals surface area contributed by atoms with Gasteiger partial charge in [-0.15, -0.1) is 0 Å². The van der Waals surface area contributed by atoms with Crippen molar-refractivity contribution in [3.05, 3.63) is 83.6 Å². The fourth-order valence-electron chi connectivity index (χ4n) is 3.54. The van der Waals surface area contributed by atoms with Crippen molar-refractivity contribution in [2.45, 2.75) is 26.8 Å². The maximum Gasteiger partial charge on any atom is 0.257 e. The Balaban J connectivity index is 1.61. The molecule has 0 aliphatic rings. The van der Waals surface area contributed by atoms with Crippen molar-refractivity contribution in [3.63, 3.8) is 0 Å². The summed E-state index contributed by atoms with van der Waals surface area (Å²) >= 11 is 0. The molecule has 0 fully saturated rings. The molecule has 0 atom stereocenters. The molecule has 2 aromatic carbocycles. The Kier molecular flexibility index (Phi) is 5.08. The van der Waals surface area contributed by atoms with E-state index in [0.717, 1.165) is 28.0 Å². The molecule has 2 heterocycles. The standard InChI is InChI=1S/C23H23N5O/c1-4-21-19(14-24-28(21)17-10-6-5-7-11-17)23(29)27(3)15-22-25-16(2)18-12-8-9-13-20(18)26-22/h5-14H,4,15H2,1-3H3. The maximum absolute atomic E-state index is 13.1. The van der Waals surface area contributed by atoms with Gasteiger partial charge in [-0.3, -0.25) is 4.79 Å². The topological polar surface area (TPSA) is 63.9 Å². The number of aryl methyl sites for hydroxylation is 1. The van der Waals surface area contributed by atoms with Crippen molar-refractivity contribution in [2.24, 2.45) is 0 Å². The molecular weight excluding hydrogens is 362 g/mol. The molecule has 0 bridgehead atoms. The van der Waals surface area contributed by atoms with E-state index >= 15 is 0 Å². The van der Waals surface area contributed by atoms with Crippen molar-refractivity contribution < 1.29 is 4.79 Å². The molecule has 4 rings (SSSR count). The lowest BCUT2D eigenvalue weighted by molar-refractivity contribution is 0.0780. The highest BCUT2D eigenvalue weighted by Gasteiger charge is 2.21. The SMILES string of the molecule is CCc1c(C(=O)N(C)Cc2nc(C)c3ccccc3n2)cnn1-c1ccccc1. The van der Waals surface area contributed by atoms with Crippen molar-refractivity contribution in [1.29, 1.82) is 0 Å². The highest BCUT2D eigenvalue weighted by molar-refractivity contribution is 5.95. The van der Waals surface area contributed by atoms with Gasteiger partial charge in [0.15, 0.2) is 0 Å². The van der Waals surface area contributed by atoms with Gasteiger partial charge in [-0.25, -0.2) is 14.6 Å². The van der Waals surface area contributed by atoms with E-state index in [-0.39, 0.29) is 5.91 Å². The molecule has 0 saturated carbocycles. The van der Waals surface area contributed by atoms with Crippen LogP contribution in [0.5, 0.6) is 0 Å². The van der Waals surface area contributed by atoms with Gasteiger partial charge in [0.1, 0.15) is 5.82 Å². The number of fused-ring (bicyclic) bond motifs is 1. The van der Waals surface area contributed by atoms with Crippen molar-refractivity contribution in [3.8, 4) is 5.69 Å². The molecule has 0 aliphatic heterocycles. The van der Waals surface area contributed by atoms with Crippen molar-refractivity contribution >= 4 is 16.8 Å². The monoisotopic (exact) mass is 385 g/mol. The van der Waals surface area contributed by atoms with E-state index in [0.29, 0.717) is 24.4 Å². The van der Waals surface area contributed by atoms with E-state index in [9.17, 15) is 4.79 Å². The number of rotatable bonds is 5. The summed E-state index contributed by atoms with van der Waals surface area (Å²) < 4.78 is 1.83. The molecule has 29 heavy (non-hydrogen) atoms. The van der Waals surface area contributed by atoms with E-state index in [1.165, 1.54) is 0 Å². The first-order valence-electron chi connectivity index (χ1n) is 9.68. The first-order valence-corrected chi connectivity index (χ1v) is 9.68. The first-order chi connectivity index (χ1) is 14.1. The maximum atomic E-state index is 13.1. The lowest BCUT2D eigenvalue weighted by Crippen LogP contribution is -2.28. The molecule has 0 unspecified atom stereocenters. The van der Waals surface area contributed by atoms with Crippen LogP contribution in [0.4, 0.5) is 0 Å². The van der Waals surface area contributed by atoms with Gasteiger partial charge < -0.3 is 4.90 Å². The third kappa shape index (κ3) is 3.61. The summed E-state index contributed by atoms with van der Waals surface area (Å²) in [5, 5.41) is 5.49. The van der Waals surface area contributed by atoms with E-state index in [1.54, 1.807) is 18.1 Å². The summed E-state index contributed by atoms with van der Waals surface area (Å²) in [7, 11) is 1.77. The Labute approximate surface area is 169 Å². The van der Waals surface area contributed by atoms with Gasteiger partial charge in [0.05, 0.1) is 35.2 Å². The number of hydrogen-bond acceptors (Lipinski definition) is 4. The molecule has 4 aromatic rings. The van der Waals surface area contributed by atoms with E-state index in [2.05, 4.69) is 15.1 Å². The van der Waals surface area contributed by atoms with Crippen LogP contribution in [0.25, 0.3) is 16.6 Å². The predicted octanol–water partition coefficient (Wildman–Crippen LogP) is 3.96. The van der Waals surface area contributed by atoms with Crippen LogP contribution in [0.15, 0.2) is 60.8 Å². The Morgan fingerprint density at radius 2 is 1.76 bits per heavy atom. The third-order valence-electron chi connectivity index (χ3n) is 5.00. The lowest BCUT2D eigenvalue weighted by atomic mass is 10.1. The fourth-order valence-corrected chi connectivity index (χ4v) is 3.54. The van der Waals surface area contributed by atoms with Gasteiger partial charge in [0.2, 0.25) is 0 Å². The molecule has 0 N–H and O–H groups in total. The number of aromatic nitrogens is 4. The number of benzene rings is 2. The third-order valence-corrected chi connectivity index (χ3v) is 5.00. The highest BCUT2D eigenvalue weighted by Crippen LogP contribution is 2.19. The van der Waals surface area contributed by atoms with Gasteiger partial charge in [-0.1, -0.05) is 43.3 Å². The zero-order chi connectivity index (χ0) is 20.4. The van der Waals surface area contributed by atoms with Crippen LogP contribution >= 0.6 is 0 Å². The van der Waals surface area contributed by atoms with E-state index in [4.69, 9.17) is 0 Å². The van der Waals surface area contributed by atoms with Crippen LogP contribution in [-0.2, 0) is 13.0 Å². The van der Waals surface area contributed by atoms with Crippen LogP contribution < -0.4 is 0 Å². The van der Waals surface area contributed by atoms with Crippen LogP contribution in [0.2, 0.25) is 0 Å². The number of para-hydroxylation sites is 2. The van der Waals surface area contributed by atoms with Gasteiger partial charge in [-0.05, 0) is 31.5 Å². The second-order valence-electron chi connectivity index (χ2n) is 7.01. The molecule has 1 amide bonds. The van der Waals surface area contributed by atoms with Crippen LogP contribution in [0, 0.1) is 6.92 Å². The minimum atomic E-state index is -0.0848. The normalized spacial score (nSPS) is 11.0. The zero-order valence-electron chi connectivity index (χ0n) is 16.8. The lowest BCUT2D eigenvalue weighted by Gasteiger charge is -2.17. The summed E-state index contributed by atoms with van der Waals surface area (Å²) in [6.45, 7) is 4.33. The molecule has 146 valence electrons. The summed E-state index contributed by atoms with van der Waals surface area (Å²) in [5.41, 5.74) is 4.25. The molecule has 0 spiro atoms. The molecule has 6 heteroatoms. The minimum Gasteiger partial charge on any atom is -0.334 e. The summed E-state index contributed by atoms with van der Waals surface area (Å²) in [4.78, 5) is 24.0. The van der Waals surface area contributed by atoms with Gasteiger partial charge in [0, 0.05) is 18.1 Å². The van der Waals surface area contributed by atoms with Crippen LogP contribution in [0.3, 0.4) is 0 Å². The fraction of sp³-hybridized carbons (Fsp3) is 0.217. The van der Waals surface area contributed by atoms with Gasteiger partial charge >= 0.3 is 0 Å². The minimum absolute atomic E-state index is 0.0848. The van der Waals surface area contributed by atoms with Crippen molar-refractivity contribution in [2.75, 3.05) is 7.05 Å². The average Bonchev–Trinajstić information content (AvgIpc) is 3.18. The van der Waals surface area contributed by atoms with Crippen LogP contribution in [-0.4, -0.2) is 37.6 Å². The van der Waals surface area contributed by atoms with Gasteiger partial charge in [0.25, 0.3) is 5.91 Å². The Hall–Kier alpha value is -3.54. The second-order valence-corrected chi connectivity index (χ2v) is 7.01. The largest absolute Gasteiger partial charge is 0.334 e. The van der Waals surface area contributed by atoms with Crippen molar-refractivity contribution in [1.82, 2.24) is 24.6 Å². The first kappa shape index (κ1) is 18.8.